The van der Waals surface area contributed by atoms with Crippen LogP contribution >= 0.6 is 0 Å². The molecule has 2 heterocycles. The van der Waals surface area contributed by atoms with Crippen molar-refractivity contribution in [3.8, 4) is 11.5 Å². The fourth-order valence-electron chi connectivity index (χ4n) is 3.70. The summed E-state index contributed by atoms with van der Waals surface area (Å²) < 4.78 is 6.24. The molecular formula is C19H26N2O4. The topological polar surface area (TPSA) is 78.9 Å². The van der Waals surface area contributed by atoms with Gasteiger partial charge in [0.1, 0.15) is 11.5 Å². The second-order valence-corrected chi connectivity index (χ2v) is 7.26. The Kier molecular flexibility index (Phi) is 4.39. The number of carbonyl (C=O) groups excluding carboxylic acids is 2. The predicted molar refractivity (Wildman–Crippen MR) is 93.9 cm³/mol. The van der Waals surface area contributed by atoms with Crippen LogP contribution in [0.5, 0.6) is 11.5 Å². The van der Waals surface area contributed by atoms with Crippen molar-refractivity contribution < 1.29 is 19.4 Å². The van der Waals surface area contributed by atoms with Gasteiger partial charge >= 0.3 is 0 Å². The maximum Gasteiger partial charge on any atom is 0.266 e. The quantitative estimate of drug-likeness (QED) is 0.812. The summed E-state index contributed by atoms with van der Waals surface area (Å²) in [6.07, 6.45) is 1.56. The molecule has 6 nitrogen and oxygen atoms in total. The first-order valence-corrected chi connectivity index (χ1v) is 8.81. The van der Waals surface area contributed by atoms with Crippen LogP contribution in [-0.4, -0.2) is 47.1 Å². The zero-order valence-electron chi connectivity index (χ0n) is 15.4. The maximum atomic E-state index is 13.1. The molecule has 0 saturated carbocycles. The van der Waals surface area contributed by atoms with Gasteiger partial charge in [-0.3, -0.25) is 9.59 Å². The number of ether oxygens (including phenoxy) is 1. The molecule has 0 radical (unpaired) electrons. The van der Waals surface area contributed by atoms with E-state index in [1.54, 1.807) is 4.90 Å². The molecule has 2 N–H and O–H groups in total. The number of rotatable bonds is 1. The number of hydrogen-bond acceptors (Lipinski definition) is 4. The summed E-state index contributed by atoms with van der Waals surface area (Å²) in [7, 11) is 0. The Morgan fingerprint density at radius 3 is 2.60 bits per heavy atom. The summed E-state index contributed by atoms with van der Waals surface area (Å²) in [5.74, 6) is 0.941. The number of carbonyl (C=O) groups is 2. The highest BCUT2D eigenvalue weighted by Crippen LogP contribution is 2.43. The number of amides is 2. The molecule has 6 heteroatoms. The van der Waals surface area contributed by atoms with Gasteiger partial charge in [0, 0.05) is 38.0 Å². The smallest absolute Gasteiger partial charge is 0.266 e. The Morgan fingerprint density at radius 1 is 1.16 bits per heavy atom. The SMILES string of the molecule is Cc1c(C)c2c(c(C)c1O)CC[C@](C)(C(=O)N1CCNC(=O)CC1)O2. The van der Waals surface area contributed by atoms with Crippen LogP contribution in [0.15, 0.2) is 0 Å². The average Bonchev–Trinajstić information content (AvgIpc) is 2.82. The van der Waals surface area contributed by atoms with Gasteiger partial charge in [-0.25, -0.2) is 0 Å². The van der Waals surface area contributed by atoms with Crippen LogP contribution < -0.4 is 10.1 Å². The minimum absolute atomic E-state index is 0.0204. The molecule has 1 aromatic carbocycles. The van der Waals surface area contributed by atoms with Crippen molar-refractivity contribution in [3.63, 3.8) is 0 Å². The van der Waals surface area contributed by atoms with Crippen molar-refractivity contribution in [2.24, 2.45) is 0 Å². The maximum absolute atomic E-state index is 13.1. The Hall–Kier alpha value is -2.24. The molecule has 1 aromatic rings. The van der Waals surface area contributed by atoms with Gasteiger partial charge in [-0.15, -0.1) is 0 Å². The zero-order valence-corrected chi connectivity index (χ0v) is 15.4. The van der Waals surface area contributed by atoms with E-state index < -0.39 is 5.60 Å². The molecule has 0 aliphatic carbocycles. The van der Waals surface area contributed by atoms with Gasteiger partial charge in [0.15, 0.2) is 5.60 Å². The zero-order chi connectivity index (χ0) is 18.4. The van der Waals surface area contributed by atoms with E-state index in [-0.39, 0.29) is 11.8 Å². The standard InChI is InChI=1S/C19H26N2O4/c1-11-12(2)17-14(13(3)16(11)23)5-7-19(4,25-17)18(24)21-9-6-15(22)20-8-10-21/h23H,5-10H2,1-4H3,(H,20,22)/t19-/m1/s1. The summed E-state index contributed by atoms with van der Waals surface area (Å²) in [6, 6.07) is 0. The highest BCUT2D eigenvalue weighted by Gasteiger charge is 2.43. The first-order valence-electron chi connectivity index (χ1n) is 8.81. The normalized spacial score (nSPS) is 23.4. The number of benzene rings is 1. The summed E-state index contributed by atoms with van der Waals surface area (Å²) in [5.41, 5.74) is 2.54. The van der Waals surface area contributed by atoms with Gasteiger partial charge in [0.2, 0.25) is 5.91 Å². The Labute approximate surface area is 148 Å². The summed E-state index contributed by atoms with van der Waals surface area (Å²) in [4.78, 5) is 26.3. The largest absolute Gasteiger partial charge is 0.507 e. The number of phenols is 1. The first kappa shape index (κ1) is 17.6. The van der Waals surface area contributed by atoms with E-state index in [0.29, 0.717) is 44.6 Å². The van der Waals surface area contributed by atoms with Gasteiger partial charge in [-0.05, 0) is 50.8 Å². The van der Waals surface area contributed by atoms with Crippen molar-refractivity contribution in [2.45, 2.75) is 52.6 Å². The second kappa shape index (κ2) is 6.24. The van der Waals surface area contributed by atoms with E-state index in [0.717, 1.165) is 28.0 Å². The number of aromatic hydroxyl groups is 1. The third-order valence-electron chi connectivity index (χ3n) is 5.57. The molecule has 2 aliphatic rings. The molecular weight excluding hydrogens is 320 g/mol. The molecule has 3 rings (SSSR count). The van der Waals surface area contributed by atoms with Crippen LogP contribution in [0, 0.1) is 20.8 Å². The van der Waals surface area contributed by atoms with E-state index in [2.05, 4.69) is 5.32 Å². The average molecular weight is 346 g/mol. The van der Waals surface area contributed by atoms with Gasteiger partial charge in [0.05, 0.1) is 0 Å². The van der Waals surface area contributed by atoms with E-state index in [1.807, 2.05) is 27.7 Å². The van der Waals surface area contributed by atoms with Crippen LogP contribution in [0.25, 0.3) is 0 Å². The van der Waals surface area contributed by atoms with Crippen molar-refractivity contribution >= 4 is 11.8 Å². The third kappa shape index (κ3) is 2.94. The molecule has 2 amide bonds. The Balaban J connectivity index is 1.90. The number of fused-ring (bicyclic) bond motifs is 1. The fourth-order valence-corrected chi connectivity index (χ4v) is 3.70. The van der Waals surface area contributed by atoms with Crippen LogP contribution in [-0.2, 0) is 16.0 Å². The number of nitrogens with zero attached hydrogens (tertiary/aromatic N) is 1. The predicted octanol–water partition coefficient (Wildman–Crippen LogP) is 1.75. The molecule has 0 aromatic heterocycles. The van der Waals surface area contributed by atoms with Gasteiger partial charge < -0.3 is 20.1 Å². The van der Waals surface area contributed by atoms with E-state index in [1.165, 1.54) is 0 Å². The van der Waals surface area contributed by atoms with E-state index in [9.17, 15) is 14.7 Å². The molecule has 1 saturated heterocycles. The molecule has 1 fully saturated rings. The molecule has 2 aliphatic heterocycles. The molecule has 0 unspecified atom stereocenters. The lowest BCUT2D eigenvalue weighted by molar-refractivity contribution is -0.148. The number of phenolic OH excluding ortho intramolecular Hbond substituents is 1. The van der Waals surface area contributed by atoms with E-state index >= 15 is 0 Å². The minimum atomic E-state index is -0.943. The molecule has 136 valence electrons. The van der Waals surface area contributed by atoms with Crippen molar-refractivity contribution in [1.29, 1.82) is 0 Å². The molecule has 25 heavy (non-hydrogen) atoms. The summed E-state index contributed by atoms with van der Waals surface area (Å²) in [5, 5.41) is 13.1. The summed E-state index contributed by atoms with van der Waals surface area (Å²) in [6.45, 7) is 8.89. The lowest BCUT2D eigenvalue weighted by atomic mass is 9.86. The van der Waals surface area contributed by atoms with Gasteiger partial charge in [0.25, 0.3) is 5.91 Å². The number of nitrogens with one attached hydrogen (secondary N) is 1. The molecule has 1 atom stereocenters. The fraction of sp³-hybridized carbons (Fsp3) is 0.579. The van der Waals surface area contributed by atoms with Crippen LogP contribution in [0.3, 0.4) is 0 Å². The van der Waals surface area contributed by atoms with Crippen LogP contribution in [0.2, 0.25) is 0 Å². The van der Waals surface area contributed by atoms with E-state index in [4.69, 9.17) is 4.74 Å². The van der Waals surface area contributed by atoms with Gasteiger partial charge in [-0.2, -0.15) is 0 Å². The Morgan fingerprint density at radius 2 is 1.88 bits per heavy atom. The van der Waals surface area contributed by atoms with Crippen molar-refractivity contribution in [3.05, 3.63) is 22.3 Å². The molecule has 0 spiro atoms. The van der Waals surface area contributed by atoms with Crippen LogP contribution in [0.4, 0.5) is 0 Å². The highest BCUT2D eigenvalue weighted by molar-refractivity contribution is 5.87. The van der Waals surface area contributed by atoms with Crippen LogP contribution in [0.1, 0.15) is 42.0 Å². The minimum Gasteiger partial charge on any atom is -0.507 e. The number of hydrogen-bond donors (Lipinski definition) is 2. The lowest BCUT2D eigenvalue weighted by Crippen LogP contribution is -2.53. The first-order chi connectivity index (χ1) is 11.7. The van der Waals surface area contributed by atoms with Crippen molar-refractivity contribution in [2.75, 3.05) is 19.6 Å². The molecule has 0 bridgehead atoms. The summed E-state index contributed by atoms with van der Waals surface area (Å²) >= 11 is 0. The lowest BCUT2D eigenvalue weighted by Gasteiger charge is -2.39. The highest BCUT2D eigenvalue weighted by atomic mass is 16.5. The van der Waals surface area contributed by atoms with Crippen molar-refractivity contribution in [1.82, 2.24) is 10.2 Å². The Bertz CT molecular complexity index is 744. The second-order valence-electron chi connectivity index (χ2n) is 7.26. The van der Waals surface area contributed by atoms with Gasteiger partial charge in [-0.1, -0.05) is 0 Å². The third-order valence-corrected chi connectivity index (χ3v) is 5.57. The monoisotopic (exact) mass is 346 g/mol.